The fraction of sp³-hybridized carbons (Fsp3) is 0.263. The van der Waals surface area contributed by atoms with Crippen LogP contribution >= 0.6 is 0 Å². The standard InChI is InChI=1S/C19H18N4O2/c24-18(20-16-10-9-13-5-1-2-6-14(13)16)11-12-23-19(25)15-7-3-4-8-17(15)21-22-23/h1-8,16H,9-12H2,(H,20,24). The van der Waals surface area contributed by atoms with Crippen molar-refractivity contribution in [3.63, 3.8) is 0 Å². The van der Waals surface area contributed by atoms with E-state index in [2.05, 4.69) is 27.8 Å². The molecule has 4 rings (SSSR count). The Morgan fingerprint density at radius 1 is 1.16 bits per heavy atom. The molecule has 6 heteroatoms. The predicted octanol–water partition coefficient (Wildman–Crippen LogP) is 1.99. The highest BCUT2D eigenvalue weighted by Gasteiger charge is 2.23. The van der Waals surface area contributed by atoms with Crippen LogP contribution < -0.4 is 10.9 Å². The maximum Gasteiger partial charge on any atom is 0.277 e. The van der Waals surface area contributed by atoms with Gasteiger partial charge in [0.05, 0.1) is 18.0 Å². The Hall–Kier alpha value is -3.02. The van der Waals surface area contributed by atoms with Gasteiger partial charge in [0, 0.05) is 6.42 Å². The lowest BCUT2D eigenvalue weighted by atomic mass is 10.1. The Morgan fingerprint density at radius 3 is 2.88 bits per heavy atom. The second-order valence-corrected chi connectivity index (χ2v) is 6.24. The molecule has 1 aliphatic carbocycles. The molecule has 1 aliphatic rings. The fourth-order valence-corrected chi connectivity index (χ4v) is 3.35. The first-order valence-corrected chi connectivity index (χ1v) is 8.42. The lowest BCUT2D eigenvalue weighted by Gasteiger charge is -2.14. The Labute approximate surface area is 144 Å². The molecule has 1 atom stereocenters. The number of carbonyl (C=O) groups is 1. The zero-order chi connectivity index (χ0) is 17.2. The van der Waals surface area contributed by atoms with Crippen LogP contribution in [0.3, 0.4) is 0 Å². The first kappa shape index (κ1) is 15.5. The number of hydrogen-bond acceptors (Lipinski definition) is 4. The third-order valence-corrected chi connectivity index (χ3v) is 4.65. The number of aromatic nitrogens is 3. The molecule has 0 spiro atoms. The topological polar surface area (TPSA) is 76.9 Å². The van der Waals surface area contributed by atoms with E-state index in [-0.39, 0.29) is 30.5 Å². The van der Waals surface area contributed by atoms with Gasteiger partial charge in [-0.3, -0.25) is 9.59 Å². The summed E-state index contributed by atoms with van der Waals surface area (Å²) in [5.74, 6) is -0.0800. The number of nitrogens with zero attached hydrogens (tertiary/aromatic N) is 3. The van der Waals surface area contributed by atoms with E-state index < -0.39 is 0 Å². The van der Waals surface area contributed by atoms with Crippen LogP contribution in [0.4, 0.5) is 0 Å². The summed E-state index contributed by atoms with van der Waals surface area (Å²) in [5, 5.41) is 11.5. The van der Waals surface area contributed by atoms with Crippen molar-refractivity contribution in [1.29, 1.82) is 0 Å². The molecule has 1 unspecified atom stereocenters. The van der Waals surface area contributed by atoms with Gasteiger partial charge < -0.3 is 5.32 Å². The summed E-state index contributed by atoms with van der Waals surface area (Å²) >= 11 is 0. The van der Waals surface area contributed by atoms with Crippen molar-refractivity contribution < 1.29 is 4.79 Å². The predicted molar refractivity (Wildman–Crippen MR) is 94.1 cm³/mol. The van der Waals surface area contributed by atoms with Crippen LogP contribution in [-0.4, -0.2) is 20.9 Å². The third kappa shape index (κ3) is 3.03. The number of hydrogen-bond donors (Lipinski definition) is 1. The molecular weight excluding hydrogens is 316 g/mol. The highest BCUT2D eigenvalue weighted by atomic mass is 16.2. The minimum Gasteiger partial charge on any atom is -0.349 e. The second kappa shape index (κ2) is 6.47. The van der Waals surface area contributed by atoms with E-state index in [9.17, 15) is 9.59 Å². The third-order valence-electron chi connectivity index (χ3n) is 4.65. The number of nitrogens with one attached hydrogen (secondary N) is 1. The van der Waals surface area contributed by atoms with E-state index in [1.54, 1.807) is 18.2 Å². The largest absolute Gasteiger partial charge is 0.349 e. The van der Waals surface area contributed by atoms with Crippen LogP contribution in [0.1, 0.15) is 30.0 Å². The Kier molecular flexibility index (Phi) is 4.01. The van der Waals surface area contributed by atoms with Crippen LogP contribution in [-0.2, 0) is 17.8 Å². The van der Waals surface area contributed by atoms with Gasteiger partial charge in [-0.25, -0.2) is 4.68 Å². The lowest BCUT2D eigenvalue weighted by molar-refractivity contribution is -0.122. The van der Waals surface area contributed by atoms with Crippen LogP contribution in [0.15, 0.2) is 53.3 Å². The SMILES string of the molecule is O=C(CCn1nnc2ccccc2c1=O)NC1CCc2ccccc21. The van der Waals surface area contributed by atoms with Gasteiger partial charge in [0.15, 0.2) is 0 Å². The smallest absolute Gasteiger partial charge is 0.277 e. The van der Waals surface area contributed by atoms with Crippen molar-refractivity contribution in [2.75, 3.05) is 0 Å². The molecule has 0 aliphatic heterocycles. The number of aryl methyl sites for hydroxylation is 2. The van der Waals surface area contributed by atoms with Crippen molar-refractivity contribution in [1.82, 2.24) is 20.3 Å². The number of amides is 1. The summed E-state index contributed by atoms with van der Waals surface area (Å²) in [6, 6.07) is 15.3. The van der Waals surface area contributed by atoms with Crippen LogP contribution in [0.5, 0.6) is 0 Å². The quantitative estimate of drug-likeness (QED) is 0.791. The van der Waals surface area contributed by atoms with Crippen LogP contribution in [0.2, 0.25) is 0 Å². The zero-order valence-electron chi connectivity index (χ0n) is 13.7. The summed E-state index contributed by atoms with van der Waals surface area (Å²) in [6.45, 7) is 0.219. The maximum absolute atomic E-state index is 12.4. The zero-order valence-corrected chi connectivity index (χ0v) is 13.7. The number of fused-ring (bicyclic) bond motifs is 2. The molecule has 0 saturated heterocycles. The molecule has 6 nitrogen and oxygen atoms in total. The van der Waals surface area contributed by atoms with Crippen LogP contribution in [0.25, 0.3) is 10.9 Å². The van der Waals surface area contributed by atoms with Gasteiger partial charge in [0.2, 0.25) is 5.91 Å². The van der Waals surface area contributed by atoms with Gasteiger partial charge in [-0.05, 0) is 36.1 Å². The molecule has 3 aromatic rings. The highest BCUT2D eigenvalue weighted by Crippen LogP contribution is 2.30. The first-order chi connectivity index (χ1) is 12.2. The Balaban J connectivity index is 1.43. The van der Waals surface area contributed by atoms with Crippen molar-refractivity contribution in [3.05, 3.63) is 70.0 Å². The summed E-state index contributed by atoms with van der Waals surface area (Å²) in [7, 11) is 0. The van der Waals surface area contributed by atoms with Crippen LogP contribution in [0, 0.1) is 0 Å². The van der Waals surface area contributed by atoms with Crippen molar-refractivity contribution in [3.8, 4) is 0 Å². The molecule has 1 heterocycles. The lowest BCUT2D eigenvalue weighted by Crippen LogP contribution is -2.31. The van der Waals surface area contributed by atoms with E-state index in [1.807, 2.05) is 18.2 Å². The summed E-state index contributed by atoms with van der Waals surface area (Å²) in [4.78, 5) is 24.7. The van der Waals surface area contributed by atoms with E-state index in [0.717, 1.165) is 12.8 Å². The van der Waals surface area contributed by atoms with Gasteiger partial charge in [0.25, 0.3) is 5.56 Å². The van der Waals surface area contributed by atoms with Gasteiger partial charge in [-0.2, -0.15) is 0 Å². The van der Waals surface area contributed by atoms with E-state index in [1.165, 1.54) is 15.8 Å². The molecule has 2 aromatic carbocycles. The van der Waals surface area contributed by atoms with Crippen molar-refractivity contribution >= 4 is 16.8 Å². The molecular formula is C19H18N4O2. The normalized spacial score (nSPS) is 15.9. The van der Waals surface area contributed by atoms with Gasteiger partial charge in [-0.15, -0.1) is 5.10 Å². The second-order valence-electron chi connectivity index (χ2n) is 6.24. The molecule has 25 heavy (non-hydrogen) atoms. The molecule has 1 amide bonds. The first-order valence-electron chi connectivity index (χ1n) is 8.42. The Morgan fingerprint density at radius 2 is 1.96 bits per heavy atom. The van der Waals surface area contributed by atoms with Gasteiger partial charge in [-0.1, -0.05) is 41.6 Å². The maximum atomic E-state index is 12.4. The Bertz CT molecular complexity index is 996. The number of benzene rings is 2. The van der Waals surface area contributed by atoms with Crippen molar-refractivity contribution in [2.45, 2.75) is 31.8 Å². The summed E-state index contributed by atoms with van der Waals surface area (Å²) < 4.78 is 1.25. The molecule has 0 radical (unpaired) electrons. The minimum atomic E-state index is -0.218. The average Bonchev–Trinajstić information content (AvgIpc) is 3.04. The number of carbonyl (C=O) groups excluding carboxylic acids is 1. The van der Waals surface area contributed by atoms with E-state index in [0.29, 0.717) is 10.9 Å². The summed E-state index contributed by atoms with van der Waals surface area (Å²) in [5.41, 5.74) is 2.84. The average molecular weight is 334 g/mol. The van der Waals surface area contributed by atoms with Gasteiger partial charge in [0.1, 0.15) is 5.52 Å². The molecule has 0 fully saturated rings. The summed E-state index contributed by atoms with van der Waals surface area (Å²) in [6.07, 6.45) is 2.10. The molecule has 1 N–H and O–H groups in total. The highest BCUT2D eigenvalue weighted by molar-refractivity contribution is 5.77. The van der Waals surface area contributed by atoms with Crippen molar-refractivity contribution in [2.24, 2.45) is 0 Å². The molecule has 126 valence electrons. The molecule has 0 saturated carbocycles. The van der Waals surface area contributed by atoms with Gasteiger partial charge >= 0.3 is 0 Å². The minimum absolute atomic E-state index is 0.0584. The van der Waals surface area contributed by atoms with E-state index in [4.69, 9.17) is 0 Å². The molecule has 1 aromatic heterocycles. The number of rotatable bonds is 4. The monoisotopic (exact) mass is 334 g/mol. The molecule has 0 bridgehead atoms. The van der Waals surface area contributed by atoms with E-state index >= 15 is 0 Å². The fourth-order valence-electron chi connectivity index (χ4n) is 3.35.